The first kappa shape index (κ1) is 22.2. The molecule has 2 heteroatoms. The van der Waals surface area contributed by atoms with Crippen LogP contribution in [0.15, 0.2) is 0 Å². The van der Waals surface area contributed by atoms with Crippen LogP contribution in [-0.4, -0.2) is 14.4 Å². The predicted octanol–water partition coefficient (Wildman–Crippen LogP) is 7.71. The Labute approximate surface area is 142 Å². The molecule has 0 N–H and O–H groups in total. The van der Waals surface area contributed by atoms with Gasteiger partial charge in [0, 0.05) is 6.10 Å². The van der Waals surface area contributed by atoms with Gasteiger partial charge >= 0.3 is 0 Å². The van der Waals surface area contributed by atoms with E-state index in [0.717, 1.165) is 0 Å². The van der Waals surface area contributed by atoms with E-state index in [4.69, 9.17) is 4.43 Å². The summed E-state index contributed by atoms with van der Waals surface area (Å²) >= 11 is 0. The fraction of sp³-hybridized carbons (Fsp3) is 1.00. The second-order valence-electron chi connectivity index (χ2n) is 7.04. The van der Waals surface area contributed by atoms with E-state index in [1.54, 1.807) is 0 Å². The molecular formula is C20H44OSi. The average Bonchev–Trinajstić information content (AvgIpc) is 2.55. The molecule has 0 aliphatic carbocycles. The van der Waals surface area contributed by atoms with Gasteiger partial charge in [-0.3, -0.25) is 0 Å². The summed E-state index contributed by atoms with van der Waals surface area (Å²) < 4.78 is 6.72. The highest BCUT2D eigenvalue weighted by atomic mass is 28.4. The molecule has 0 rings (SSSR count). The van der Waals surface area contributed by atoms with E-state index in [-0.39, 0.29) is 0 Å². The van der Waals surface area contributed by atoms with Crippen LogP contribution in [-0.2, 0) is 4.43 Å². The summed E-state index contributed by atoms with van der Waals surface area (Å²) in [6.45, 7) is 11.6. The maximum Gasteiger partial charge on any atom is 0.192 e. The van der Waals surface area contributed by atoms with E-state index in [2.05, 4.69) is 34.6 Å². The summed E-state index contributed by atoms with van der Waals surface area (Å²) in [6, 6.07) is 3.87. The second-order valence-corrected chi connectivity index (χ2v) is 11.8. The van der Waals surface area contributed by atoms with E-state index in [1.165, 1.54) is 88.8 Å². The predicted molar refractivity (Wildman–Crippen MR) is 104 cm³/mol. The van der Waals surface area contributed by atoms with Crippen LogP contribution in [0, 0.1) is 0 Å². The lowest BCUT2D eigenvalue weighted by molar-refractivity contribution is 0.161. The molecule has 0 aromatic carbocycles. The van der Waals surface area contributed by atoms with Crippen LogP contribution in [0.5, 0.6) is 0 Å². The molecule has 0 saturated heterocycles. The number of rotatable bonds is 16. The van der Waals surface area contributed by atoms with Crippen molar-refractivity contribution in [2.24, 2.45) is 0 Å². The minimum absolute atomic E-state index is 0.552. The zero-order valence-corrected chi connectivity index (χ0v) is 17.4. The van der Waals surface area contributed by atoms with Crippen LogP contribution >= 0.6 is 0 Å². The fourth-order valence-electron chi connectivity index (χ4n) is 3.44. The lowest BCUT2D eigenvalue weighted by atomic mass is 10.0. The number of hydrogen-bond donors (Lipinski definition) is 0. The molecule has 0 amide bonds. The van der Waals surface area contributed by atoms with Crippen molar-refractivity contribution in [1.29, 1.82) is 0 Å². The molecule has 0 aliphatic rings. The van der Waals surface area contributed by atoms with Gasteiger partial charge in [-0.2, -0.15) is 0 Å². The van der Waals surface area contributed by atoms with Crippen LogP contribution in [0.2, 0.25) is 18.1 Å². The van der Waals surface area contributed by atoms with Gasteiger partial charge in [0.2, 0.25) is 0 Å². The molecule has 0 saturated carbocycles. The zero-order chi connectivity index (χ0) is 16.7. The molecule has 134 valence electrons. The Morgan fingerprint density at radius 3 is 1.55 bits per heavy atom. The van der Waals surface area contributed by atoms with E-state index in [9.17, 15) is 0 Å². The second kappa shape index (κ2) is 14.7. The normalized spacial score (nSPS) is 13.5. The minimum atomic E-state index is -1.41. The largest absolute Gasteiger partial charge is 0.414 e. The van der Waals surface area contributed by atoms with Gasteiger partial charge in [-0.1, -0.05) is 92.4 Å². The van der Waals surface area contributed by atoms with Gasteiger partial charge in [0.25, 0.3) is 0 Å². The Hall–Kier alpha value is 0.177. The number of unbranched alkanes of at least 4 members (excludes halogenated alkanes) is 7. The first-order chi connectivity index (χ1) is 10.7. The molecule has 1 atom stereocenters. The number of hydrogen-bond acceptors (Lipinski definition) is 1. The van der Waals surface area contributed by atoms with Crippen LogP contribution in [0.4, 0.5) is 0 Å². The molecule has 0 bridgehead atoms. The lowest BCUT2D eigenvalue weighted by Crippen LogP contribution is -2.39. The molecule has 0 radical (unpaired) electrons. The van der Waals surface area contributed by atoms with Gasteiger partial charge in [-0.25, -0.2) is 0 Å². The SMILES string of the molecule is CCCCCCCCCCC(CCC)O[Si](CC)(CC)CC. The highest BCUT2D eigenvalue weighted by Crippen LogP contribution is 2.27. The summed E-state index contributed by atoms with van der Waals surface area (Å²) in [4.78, 5) is 0. The van der Waals surface area contributed by atoms with E-state index in [0.29, 0.717) is 6.10 Å². The summed E-state index contributed by atoms with van der Waals surface area (Å²) in [7, 11) is -1.41. The topological polar surface area (TPSA) is 9.23 Å². The molecule has 0 aromatic heterocycles. The van der Waals surface area contributed by atoms with Gasteiger partial charge in [-0.15, -0.1) is 0 Å². The molecule has 0 aliphatic heterocycles. The lowest BCUT2D eigenvalue weighted by Gasteiger charge is -2.33. The monoisotopic (exact) mass is 328 g/mol. The van der Waals surface area contributed by atoms with Crippen LogP contribution < -0.4 is 0 Å². The maximum absolute atomic E-state index is 6.72. The maximum atomic E-state index is 6.72. The van der Waals surface area contributed by atoms with E-state index < -0.39 is 8.32 Å². The Balaban J connectivity index is 3.94. The van der Waals surface area contributed by atoms with E-state index >= 15 is 0 Å². The van der Waals surface area contributed by atoms with Crippen LogP contribution in [0.1, 0.15) is 105 Å². The summed E-state index contributed by atoms with van der Waals surface area (Å²) in [5.74, 6) is 0. The Morgan fingerprint density at radius 2 is 1.09 bits per heavy atom. The van der Waals surface area contributed by atoms with Gasteiger partial charge in [0.1, 0.15) is 0 Å². The zero-order valence-electron chi connectivity index (χ0n) is 16.4. The minimum Gasteiger partial charge on any atom is -0.414 e. The van der Waals surface area contributed by atoms with Crippen molar-refractivity contribution >= 4 is 8.32 Å². The highest BCUT2D eigenvalue weighted by Gasteiger charge is 2.31. The third-order valence-corrected chi connectivity index (χ3v) is 10.0. The van der Waals surface area contributed by atoms with Gasteiger partial charge in [0.05, 0.1) is 0 Å². The average molecular weight is 329 g/mol. The molecule has 1 nitrogen and oxygen atoms in total. The standard InChI is InChI=1S/C20H44OSi/c1-6-11-12-13-14-15-16-17-19-20(18-7-2)21-22(8-3,9-4)10-5/h20H,6-19H2,1-5H3. The Kier molecular flexibility index (Phi) is 14.9. The van der Waals surface area contributed by atoms with Gasteiger partial charge in [0.15, 0.2) is 8.32 Å². The summed E-state index contributed by atoms with van der Waals surface area (Å²) in [5, 5.41) is 0. The summed E-state index contributed by atoms with van der Waals surface area (Å²) in [5.41, 5.74) is 0. The van der Waals surface area contributed by atoms with Gasteiger partial charge < -0.3 is 4.43 Å². The van der Waals surface area contributed by atoms with Crippen LogP contribution in [0.3, 0.4) is 0 Å². The van der Waals surface area contributed by atoms with Crippen molar-refractivity contribution in [1.82, 2.24) is 0 Å². The molecule has 1 unspecified atom stereocenters. The Bertz CT molecular complexity index is 217. The molecular weight excluding hydrogens is 284 g/mol. The molecule has 0 spiro atoms. The third-order valence-electron chi connectivity index (χ3n) is 5.34. The molecule has 0 heterocycles. The van der Waals surface area contributed by atoms with Crippen molar-refractivity contribution in [2.75, 3.05) is 0 Å². The van der Waals surface area contributed by atoms with Crippen molar-refractivity contribution in [3.8, 4) is 0 Å². The molecule has 0 aromatic rings. The quantitative estimate of drug-likeness (QED) is 0.208. The Morgan fingerprint density at radius 1 is 0.591 bits per heavy atom. The van der Waals surface area contributed by atoms with Crippen molar-refractivity contribution in [2.45, 2.75) is 129 Å². The van der Waals surface area contributed by atoms with Crippen molar-refractivity contribution < 1.29 is 4.43 Å². The van der Waals surface area contributed by atoms with Crippen molar-refractivity contribution in [3.05, 3.63) is 0 Å². The third kappa shape index (κ3) is 10.0. The first-order valence-electron chi connectivity index (χ1n) is 10.4. The van der Waals surface area contributed by atoms with Gasteiger partial charge in [-0.05, 0) is 31.0 Å². The van der Waals surface area contributed by atoms with Crippen LogP contribution in [0.25, 0.3) is 0 Å². The smallest absolute Gasteiger partial charge is 0.192 e. The molecule has 0 fully saturated rings. The van der Waals surface area contributed by atoms with E-state index in [1.807, 2.05) is 0 Å². The fourth-order valence-corrected chi connectivity index (χ4v) is 6.39. The molecule has 22 heavy (non-hydrogen) atoms. The highest BCUT2D eigenvalue weighted by molar-refractivity contribution is 6.73. The first-order valence-corrected chi connectivity index (χ1v) is 12.9. The van der Waals surface area contributed by atoms with Crippen molar-refractivity contribution in [3.63, 3.8) is 0 Å². The summed E-state index contributed by atoms with van der Waals surface area (Å²) in [6.07, 6.45) is 15.7.